The first-order valence-electron chi connectivity index (χ1n) is 9.09. The summed E-state index contributed by atoms with van der Waals surface area (Å²) in [4.78, 5) is 39.8. The Morgan fingerprint density at radius 2 is 1.93 bits per heavy atom. The Kier molecular flexibility index (Phi) is 5.05. The Hall–Kier alpha value is -3.61. The maximum atomic E-state index is 13.1. The molecule has 0 spiro atoms. The first-order chi connectivity index (χ1) is 13.8. The largest absolute Gasteiger partial charge is 0.337 e. The first-order valence-corrected chi connectivity index (χ1v) is 9.09. The molecule has 0 saturated carbocycles. The number of aromatic nitrogens is 3. The van der Waals surface area contributed by atoms with E-state index in [2.05, 4.69) is 15.0 Å². The number of aryl methyl sites for hydroxylation is 1. The summed E-state index contributed by atoms with van der Waals surface area (Å²) in [5.41, 5.74) is 1.19. The fraction of sp³-hybridized carbons (Fsp3) is 0.190. The SMILES string of the molecule is O=C1c2ccccc2[C@@H](C=NCCCn2ccnc2)C(=O)N1c1ccccn1. The molecule has 0 radical (unpaired) electrons. The Morgan fingerprint density at radius 3 is 2.71 bits per heavy atom. The van der Waals surface area contributed by atoms with Gasteiger partial charge in [0, 0.05) is 43.5 Å². The number of benzene rings is 1. The number of hydrogen-bond donors (Lipinski definition) is 0. The van der Waals surface area contributed by atoms with Crippen molar-refractivity contribution in [1.29, 1.82) is 0 Å². The van der Waals surface area contributed by atoms with E-state index in [-0.39, 0.29) is 11.8 Å². The highest BCUT2D eigenvalue weighted by Gasteiger charge is 2.39. The molecule has 0 unspecified atom stereocenters. The summed E-state index contributed by atoms with van der Waals surface area (Å²) in [5, 5.41) is 0. The number of carbonyl (C=O) groups is 2. The quantitative estimate of drug-likeness (QED) is 0.378. The maximum Gasteiger partial charge on any atom is 0.266 e. The zero-order valence-corrected chi connectivity index (χ0v) is 15.2. The molecule has 0 saturated heterocycles. The predicted octanol–water partition coefficient (Wildman–Crippen LogP) is 2.71. The molecule has 2 aromatic heterocycles. The monoisotopic (exact) mass is 373 g/mol. The van der Waals surface area contributed by atoms with Gasteiger partial charge in [0.15, 0.2) is 0 Å². The number of carbonyl (C=O) groups excluding carboxylic acids is 2. The van der Waals surface area contributed by atoms with Gasteiger partial charge in [0.25, 0.3) is 5.91 Å². The number of pyridine rings is 1. The second kappa shape index (κ2) is 7.96. The predicted molar refractivity (Wildman–Crippen MR) is 105 cm³/mol. The summed E-state index contributed by atoms with van der Waals surface area (Å²) in [5.74, 6) is -0.973. The lowest BCUT2D eigenvalue weighted by molar-refractivity contribution is -0.118. The molecular formula is C21H19N5O2. The fourth-order valence-electron chi connectivity index (χ4n) is 3.25. The second-order valence-corrected chi connectivity index (χ2v) is 6.44. The Bertz CT molecular complexity index is 999. The van der Waals surface area contributed by atoms with Crippen molar-refractivity contribution in [3.8, 4) is 0 Å². The first kappa shape index (κ1) is 17.8. The number of fused-ring (bicyclic) bond motifs is 1. The molecule has 1 atom stereocenters. The molecule has 0 fully saturated rings. The molecule has 3 aromatic rings. The minimum atomic E-state index is -0.607. The fourth-order valence-corrected chi connectivity index (χ4v) is 3.25. The van der Waals surface area contributed by atoms with Gasteiger partial charge < -0.3 is 4.57 Å². The molecule has 0 bridgehead atoms. The van der Waals surface area contributed by atoms with Crippen LogP contribution in [0.5, 0.6) is 0 Å². The molecule has 140 valence electrons. The molecule has 4 rings (SSSR count). The molecule has 3 heterocycles. The summed E-state index contributed by atoms with van der Waals surface area (Å²) < 4.78 is 1.98. The highest BCUT2D eigenvalue weighted by Crippen LogP contribution is 2.30. The van der Waals surface area contributed by atoms with Gasteiger partial charge in [0.2, 0.25) is 5.91 Å². The molecular weight excluding hydrogens is 354 g/mol. The van der Waals surface area contributed by atoms with Gasteiger partial charge in [-0.15, -0.1) is 0 Å². The van der Waals surface area contributed by atoms with Gasteiger partial charge in [-0.3, -0.25) is 14.6 Å². The second-order valence-electron chi connectivity index (χ2n) is 6.44. The molecule has 7 nitrogen and oxygen atoms in total. The lowest BCUT2D eigenvalue weighted by Crippen LogP contribution is -2.45. The molecule has 2 amide bonds. The van der Waals surface area contributed by atoms with Crippen LogP contribution in [0.4, 0.5) is 5.82 Å². The van der Waals surface area contributed by atoms with Crippen molar-refractivity contribution in [1.82, 2.24) is 14.5 Å². The number of nitrogens with zero attached hydrogens (tertiary/aromatic N) is 5. The molecule has 7 heteroatoms. The summed E-state index contributed by atoms with van der Waals surface area (Å²) in [6.45, 7) is 1.40. The summed E-state index contributed by atoms with van der Waals surface area (Å²) in [7, 11) is 0. The van der Waals surface area contributed by atoms with E-state index in [1.54, 1.807) is 55.3 Å². The van der Waals surface area contributed by atoms with Gasteiger partial charge in [0.1, 0.15) is 5.82 Å². The van der Waals surface area contributed by atoms with Crippen LogP contribution in [0.1, 0.15) is 28.3 Å². The number of anilines is 1. The Labute approximate surface area is 162 Å². The molecule has 0 aliphatic carbocycles. The number of imidazole rings is 1. The normalized spacial score (nSPS) is 16.6. The minimum Gasteiger partial charge on any atom is -0.337 e. The zero-order chi connectivity index (χ0) is 19.3. The standard InChI is InChI=1S/C21H19N5O2/c27-20-17-7-2-1-6-16(17)18(14-22-9-5-12-25-13-11-23-15-25)21(28)26(20)19-8-3-4-10-24-19/h1-4,6-8,10-11,13-15,18H,5,9,12H2/t18-/m1/s1. The van der Waals surface area contributed by atoms with Crippen LogP contribution in [0.3, 0.4) is 0 Å². The van der Waals surface area contributed by atoms with E-state index in [1.807, 2.05) is 22.9 Å². The van der Waals surface area contributed by atoms with Gasteiger partial charge in [0.05, 0.1) is 12.2 Å². The van der Waals surface area contributed by atoms with Crippen LogP contribution in [0.2, 0.25) is 0 Å². The topological polar surface area (TPSA) is 80.4 Å². The van der Waals surface area contributed by atoms with Crippen molar-refractivity contribution in [2.24, 2.45) is 4.99 Å². The van der Waals surface area contributed by atoms with Crippen LogP contribution in [-0.2, 0) is 11.3 Å². The van der Waals surface area contributed by atoms with Crippen LogP contribution in [-0.4, -0.2) is 39.1 Å². The lowest BCUT2D eigenvalue weighted by atomic mass is 9.89. The molecule has 1 aromatic carbocycles. The number of rotatable bonds is 6. The van der Waals surface area contributed by atoms with E-state index in [9.17, 15) is 9.59 Å². The third-order valence-electron chi connectivity index (χ3n) is 4.61. The van der Waals surface area contributed by atoms with E-state index in [0.717, 1.165) is 17.9 Å². The summed E-state index contributed by atoms with van der Waals surface area (Å²) >= 11 is 0. The molecule has 0 N–H and O–H groups in total. The van der Waals surface area contributed by atoms with Crippen molar-refractivity contribution in [2.45, 2.75) is 18.9 Å². The van der Waals surface area contributed by atoms with Crippen LogP contribution >= 0.6 is 0 Å². The smallest absolute Gasteiger partial charge is 0.266 e. The van der Waals surface area contributed by atoms with Crippen LogP contribution < -0.4 is 4.90 Å². The average Bonchev–Trinajstić information content (AvgIpc) is 3.24. The van der Waals surface area contributed by atoms with Crippen molar-refractivity contribution in [3.63, 3.8) is 0 Å². The van der Waals surface area contributed by atoms with Gasteiger partial charge >= 0.3 is 0 Å². The summed E-state index contributed by atoms with van der Waals surface area (Å²) in [6, 6.07) is 12.3. The van der Waals surface area contributed by atoms with Crippen molar-refractivity contribution < 1.29 is 9.59 Å². The molecule has 1 aliphatic rings. The molecule has 28 heavy (non-hydrogen) atoms. The van der Waals surface area contributed by atoms with Crippen LogP contribution in [0, 0.1) is 0 Å². The maximum absolute atomic E-state index is 13.1. The van der Waals surface area contributed by atoms with Crippen molar-refractivity contribution in [2.75, 3.05) is 11.4 Å². The Balaban J connectivity index is 1.56. The lowest BCUT2D eigenvalue weighted by Gasteiger charge is -2.30. The molecule has 1 aliphatic heterocycles. The minimum absolute atomic E-state index is 0.325. The van der Waals surface area contributed by atoms with Crippen LogP contribution in [0.15, 0.2) is 72.4 Å². The van der Waals surface area contributed by atoms with Crippen molar-refractivity contribution in [3.05, 3.63) is 78.5 Å². The highest BCUT2D eigenvalue weighted by molar-refractivity contribution is 6.28. The number of imide groups is 1. The summed E-state index contributed by atoms with van der Waals surface area (Å²) in [6.07, 6.45) is 9.46. The van der Waals surface area contributed by atoms with E-state index in [1.165, 1.54) is 0 Å². The van der Waals surface area contributed by atoms with Crippen molar-refractivity contribution >= 4 is 23.8 Å². The number of amides is 2. The van der Waals surface area contributed by atoms with Gasteiger partial charge in [-0.05, 0) is 30.2 Å². The van der Waals surface area contributed by atoms with Crippen LogP contribution in [0.25, 0.3) is 0 Å². The average molecular weight is 373 g/mol. The van der Waals surface area contributed by atoms with Gasteiger partial charge in [-0.1, -0.05) is 24.3 Å². The Morgan fingerprint density at radius 1 is 1.07 bits per heavy atom. The van der Waals surface area contributed by atoms with E-state index < -0.39 is 5.92 Å². The van der Waals surface area contributed by atoms with Gasteiger partial charge in [-0.25, -0.2) is 14.9 Å². The zero-order valence-electron chi connectivity index (χ0n) is 15.2. The van der Waals surface area contributed by atoms with Gasteiger partial charge in [-0.2, -0.15) is 0 Å². The third-order valence-corrected chi connectivity index (χ3v) is 4.61. The van der Waals surface area contributed by atoms with E-state index in [0.29, 0.717) is 23.5 Å². The number of hydrogen-bond acceptors (Lipinski definition) is 5. The number of aliphatic imine (C=N–C) groups is 1. The van der Waals surface area contributed by atoms with E-state index >= 15 is 0 Å². The van der Waals surface area contributed by atoms with E-state index in [4.69, 9.17) is 0 Å². The third kappa shape index (κ3) is 3.46. The highest BCUT2D eigenvalue weighted by atomic mass is 16.2.